The third-order valence-corrected chi connectivity index (χ3v) is 4.60. The van der Waals surface area contributed by atoms with Crippen LogP contribution in [0, 0.1) is 6.92 Å². The predicted molar refractivity (Wildman–Crippen MR) is 105 cm³/mol. The van der Waals surface area contributed by atoms with Crippen molar-refractivity contribution in [2.24, 2.45) is 11.5 Å². The van der Waals surface area contributed by atoms with Crippen LogP contribution in [0.5, 0.6) is 0 Å². The van der Waals surface area contributed by atoms with Crippen LogP contribution in [0.2, 0.25) is 0 Å². The predicted octanol–water partition coefficient (Wildman–Crippen LogP) is 4.23. The van der Waals surface area contributed by atoms with Gasteiger partial charge >= 0.3 is 0 Å². The molecule has 128 valence electrons. The lowest BCUT2D eigenvalue weighted by Crippen LogP contribution is -2.44. The Hall–Kier alpha value is -1.90. The van der Waals surface area contributed by atoms with Crippen LogP contribution in [-0.2, 0) is 12.8 Å². The second-order valence-electron chi connectivity index (χ2n) is 7.29. The molecule has 1 unspecified atom stereocenters. The quantitative estimate of drug-likeness (QED) is 0.801. The molecule has 0 heterocycles. The fourth-order valence-corrected chi connectivity index (χ4v) is 2.82. The van der Waals surface area contributed by atoms with E-state index in [0.717, 1.165) is 24.8 Å². The van der Waals surface area contributed by atoms with Crippen LogP contribution in [0.25, 0.3) is 5.57 Å². The SMILES string of the molecule is C=C(C)c1ccc(CCC(C)(N)CN)cc1Cc1ccc(C)cc1. The lowest BCUT2D eigenvalue weighted by Gasteiger charge is -2.22. The molecule has 2 heteroatoms. The van der Waals surface area contributed by atoms with E-state index >= 15 is 0 Å². The number of hydrogen-bond acceptors (Lipinski definition) is 2. The van der Waals surface area contributed by atoms with Gasteiger partial charge in [-0.25, -0.2) is 0 Å². The second kappa shape index (κ2) is 7.78. The van der Waals surface area contributed by atoms with E-state index in [9.17, 15) is 0 Å². The third kappa shape index (κ3) is 5.05. The molecule has 0 aliphatic rings. The summed E-state index contributed by atoms with van der Waals surface area (Å²) in [6, 6.07) is 15.4. The van der Waals surface area contributed by atoms with Crippen LogP contribution >= 0.6 is 0 Å². The van der Waals surface area contributed by atoms with Gasteiger partial charge < -0.3 is 11.5 Å². The molecule has 0 aromatic heterocycles. The van der Waals surface area contributed by atoms with Crippen molar-refractivity contribution in [3.05, 3.63) is 76.9 Å². The maximum atomic E-state index is 6.18. The topological polar surface area (TPSA) is 52.0 Å². The van der Waals surface area contributed by atoms with Gasteiger partial charge in [0.25, 0.3) is 0 Å². The fraction of sp³-hybridized carbons (Fsp3) is 0.364. The Morgan fingerprint density at radius 3 is 2.29 bits per heavy atom. The van der Waals surface area contributed by atoms with Gasteiger partial charge in [0.05, 0.1) is 0 Å². The Labute approximate surface area is 146 Å². The van der Waals surface area contributed by atoms with Crippen molar-refractivity contribution >= 4 is 5.57 Å². The molecule has 2 nitrogen and oxygen atoms in total. The van der Waals surface area contributed by atoms with E-state index in [1.165, 1.54) is 27.8 Å². The first kappa shape index (κ1) is 18.4. The fourth-order valence-electron chi connectivity index (χ4n) is 2.82. The molecule has 0 aliphatic carbocycles. The summed E-state index contributed by atoms with van der Waals surface area (Å²) in [5.74, 6) is 0. The summed E-state index contributed by atoms with van der Waals surface area (Å²) in [4.78, 5) is 0. The van der Waals surface area contributed by atoms with Gasteiger partial charge in [0.1, 0.15) is 0 Å². The lowest BCUT2D eigenvalue weighted by atomic mass is 9.90. The number of aryl methyl sites for hydroxylation is 2. The van der Waals surface area contributed by atoms with Crippen LogP contribution in [0.3, 0.4) is 0 Å². The van der Waals surface area contributed by atoms with Gasteiger partial charge in [0, 0.05) is 12.1 Å². The highest BCUT2D eigenvalue weighted by Gasteiger charge is 2.16. The van der Waals surface area contributed by atoms with Crippen molar-refractivity contribution < 1.29 is 0 Å². The second-order valence-corrected chi connectivity index (χ2v) is 7.29. The van der Waals surface area contributed by atoms with Gasteiger partial charge in [0.2, 0.25) is 0 Å². The van der Waals surface area contributed by atoms with E-state index in [4.69, 9.17) is 11.5 Å². The minimum absolute atomic E-state index is 0.301. The summed E-state index contributed by atoms with van der Waals surface area (Å²) < 4.78 is 0. The first-order chi connectivity index (χ1) is 11.3. The van der Waals surface area contributed by atoms with E-state index in [2.05, 4.69) is 62.9 Å². The monoisotopic (exact) mass is 322 g/mol. The van der Waals surface area contributed by atoms with Crippen molar-refractivity contribution in [2.75, 3.05) is 6.54 Å². The number of rotatable bonds is 7. The van der Waals surface area contributed by atoms with Gasteiger partial charge in [-0.3, -0.25) is 0 Å². The van der Waals surface area contributed by atoms with Gasteiger partial charge in [-0.05, 0) is 62.3 Å². The van der Waals surface area contributed by atoms with Crippen LogP contribution in [0.4, 0.5) is 0 Å². The molecule has 1 atom stereocenters. The molecular weight excluding hydrogens is 292 g/mol. The molecule has 0 bridgehead atoms. The molecule has 2 rings (SSSR count). The van der Waals surface area contributed by atoms with E-state index in [1.807, 2.05) is 6.92 Å². The summed E-state index contributed by atoms with van der Waals surface area (Å²) in [6.07, 6.45) is 2.76. The zero-order chi connectivity index (χ0) is 17.7. The molecule has 2 aromatic carbocycles. The van der Waals surface area contributed by atoms with Crippen molar-refractivity contribution in [1.29, 1.82) is 0 Å². The van der Waals surface area contributed by atoms with E-state index in [1.54, 1.807) is 0 Å². The van der Waals surface area contributed by atoms with Crippen molar-refractivity contribution in [1.82, 2.24) is 0 Å². The highest BCUT2D eigenvalue weighted by molar-refractivity contribution is 5.65. The normalized spacial score (nSPS) is 13.5. The summed E-state index contributed by atoms with van der Waals surface area (Å²) in [7, 11) is 0. The van der Waals surface area contributed by atoms with Gasteiger partial charge in [0.15, 0.2) is 0 Å². The maximum Gasteiger partial charge on any atom is 0.0253 e. The molecule has 24 heavy (non-hydrogen) atoms. The molecular formula is C22H30N2. The van der Waals surface area contributed by atoms with Crippen LogP contribution in [-0.4, -0.2) is 12.1 Å². The lowest BCUT2D eigenvalue weighted by molar-refractivity contribution is 0.443. The molecule has 0 spiro atoms. The highest BCUT2D eigenvalue weighted by Crippen LogP contribution is 2.23. The van der Waals surface area contributed by atoms with E-state index in [0.29, 0.717) is 6.54 Å². The summed E-state index contributed by atoms with van der Waals surface area (Å²) in [5.41, 5.74) is 19.2. The molecule has 0 fully saturated rings. The van der Waals surface area contributed by atoms with Gasteiger partial charge in [-0.1, -0.05) is 60.2 Å². The smallest absolute Gasteiger partial charge is 0.0253 e. The Kier molecular flexibility index (Phi) is 5.98. The Morgan fingerprint density at radius 2 is 1.71 bits per heavy atom. The molecule has 4 N–H and O–H groups in total. The Morgan fingerprint density at radius 1 is 1.08 bits per heavy atom. The standard InChI is InChI=1S/C22H30N2/c1-16(2)21-10-9-19(11-12-22(4,24)15-23)14-20(21)13-18-7-5-17(3)6-8-18/h5-10,14H,1,11-13,15,23-24H2,2-4H3. The first-order valence-electron chi connectivity index (χ1n) is 8.63. The van der Waals surface area contributed by atoms with Gasteiger partial charge in [-0.15, -0.1) is 0 Å². The number of benzene rings is 2. The number of hydrogen-bond donors (Lipinski definition) is 2. The number of allylic oxidation sites excluding steroid dienone is 1. The zero-order valence-electron chi connectivity index (χ0n) is 15.2. The molecule has 0 saturated carbocycles. The van der Waals surface area contributed by atoms with Gasteiger partial charge in [-0.2, -0.15) is 0 Å². The van der Waals surface area contributed by atoms with Crippen molar-refractivity contribution in [2.45, 2.75) is 45.6 Å². The van der Waals surface area contributed by atoms with Crippen molar-refractivity contribution in [3.8, 4) is 0 Å². The van der Waals surface area contributed by atoms with Crippen LogP contribution in [0.15, 0.2) is 49.0 Å². The average molecular weight is 322 g/mol. The van der Waals surface area contributed by atoms with Crippen LogP contribution in [0.1, 0.15) is 48.1 Å². The molecule has 0 saturated heterocycles. The summed E-state index contributed by atoms with van der Waals surface area (Å²) in [5, 5.41) is 0. The maximum absolute atomic E-state index is 6.18. The zero-order valence-corrected chi connectivity index (χ0v) is 15.2. The Balaban J connectivity index is 2.24. The molecule has 0 amide bonds. The largest absolute Gasteiger partial charge is 0.329 e. The van der Waals surface area contributed by atoms with E-state index in [-0.39, 0.29) is 5.54 Å². The minimum Gasteiger partial charge on any atom is -0.329 e. The average Bonchev–Trinajstić information content (AvgIpc) is 2.55. The number of nitrogens with two attached hydrogens (primary N) is 2. The minimum atomic E-state index is -0.301. The summed E-state index contributed by atoms with van der Waals surface area (Å²) in [6.45, 7) is 10.8. The van der Waals surface area contributed by atoms with Crippen molar-refractivity contribution in [3.63, 3.8) is 0 Å². The molecule has 0 radical (unpaired) electrons. The van der Waals surface area contributed by atoms with Crippen LogP contribution < -0.4 is 11.5 Å². The Bertz CT molecular complexity index is 696. The van der Waals surface area contributed by atoms with E-state index < -0.39 is 0 Å². The summed E-state index contributed by atoms with van der Waals surface area (Å²) >= 11 is 0. The molecule has 2 aromatic rings. The third-order valence-electron chi connectivity index (χ3n) is 4.60. The highest BCUT2D eigenvalue weighted by atomic mass is 14.8. The first-order valence-corrected chi connectivity index (χ1v) is 8.63. The molecule has 0 aliphatic heterocycles.